The minimum Gasteiger partial charge on any atom is -0.450 e. The third kappa shape index (κ3) is 1.72. The fraction of sp³-hybridized carbons (Fsp3) is 0.400. The van der Waals surface area contributed by atoms with Crippen LogP contribution in [-0.4, -0.2) is 34.9 Å². The fourth-order valence-electron chi connectivity index (χ4n) is 1.65. The number of H-pyrrole nitrogens is 1. The van der Waals surface area contributed by atoms with E-state index in [-0.39, 0.29) is 12.3 Å². The van der Waals surface area contributed by atoms with Gasteiger partial charge in [-0.15, -0.1) is 0 Å². The summed E-state index contributed by atoms with van der Waals surface area (Å²) < 4.78 is 4.84. The van der Waals surface area contributed by atoms with Crippen molar-refractivity contribution in [2.45, 2.75) is 13.5 Å². The van der Waals surface area contributed by atoms with Gasteiger partial charge in [0.2, 0.25) is 0 Å². The molecule has 2 heterocycles. The van der Waals surface area contributed by atoms with Crippen LogP contribution in [0.1, 0.15) is 23.0 Å². The maximum atomic E-state index is 11.6. The zero-order valence-electron chi connectivity index (χ0n) is 8.45. The molecule has 1 N–H and O–H groups in total. The highest BCUT2D eigenvalue weighted by molar-refractivity contribution is 6.01. The molecule has 0 unspecified atom stereocenters. The Morgan fingerprint density at radius 3 is 3.13 bits per heavy atom. The molecule has 1 aliphatic rings. The van der Waals surface area contributed by atoms with E-state index in [9.17, 15) is 9.59 Å². The number of aromatic amines is 1. The van der Waals surface area contributed by atoms with Gasteiger partial charge in [-0.2, -0.15) is 0 Å². The predicted octanol–water partition coefficient (Wildman–Crippen LogP) is 1.17. The van der Waals surface area contributed by atoms with E-state index in [0.29, 0.717) is 18.7 Å². The van der Waals surface area contributed by atoms with Crippen molar-refractivity contribution in [1.82, 2.24) is 9.88 Å². The lowest BCUT2D eigenvalue weighted by Gasteiger charge is -2.24. The molecule has 1 amide bonds. The highest BCUT2D eigenvalue weighted by atomic mass is 16.6. The first-order chi connectivity index (χ1) is 7.22. The van der Waals surface area contributed by atoms with Crippen molar-refractivity contribution in [1.29, 1.82) is 0 Å². The number of amides is 1. The van der Waals surface area contributed by atoms with Gasteiger partial charge in [-0.1, -0.05) is 0 Å². The molecule has 5 nitrogen and oxygen atoms in total. The Morgan fingerprint density at radius 1 is 1.60 bits per heavy atom. The number of carbonyl (C=O) groups excluding carboxylic acids is 2. The van der Waals surface area contributed by atoms with Crippen molar-refractivity contribution >= 4 is 11.9 Å². The number of Topliss-reactive ketones (excluding diaryl/α,β-unsaturated/α-hetero) is 1. The molecule has 0 fully saturated rings. The number of rotatable bonds is 1. The molecule has 0 saturated heterocycles. The normalized spacial score (nSPS) is 15.0. The van der Waals surface area contributed by atoms with E-state index >= 15 is 0 Å². The van der Waals surface area contributed by atoms with Gasteiger partial charge in [0, 0.05) is 17.5 Å². The van der Waals surface area contributed by atoms with Crippen LogP contribution in [0.15, 0.2) is 12.3 Å². The molecule has 2 rings (SSSR count). The molecule has 0 radical (unpaired) electrons. The summed E-state index contributed by atoms with van der Waals surface area (Å²) in [7, 11) is 0. The van der Waals surface area contributed by atoms with Gasteiger partial charge < -0.3 is 9.72 Å². The fourth-order valence-corrected chi connectivity index (χ4v) is 1.65. The highest BCUT2D eigenvalue weighted by Gasteiger charge is 2.27. The average molecular weight is 208 g/mol. The molecule has 0 atom stereocenters. The Bertz CT molecular complexity index is 397. The first kappa shape index (κ1) is 9.76. The maximum absolute atomic E-state index is 11.6. The molecular weight excluding hydrogens is 196 g/mol. The number of carbonyl (C=O) groups is 2. The van der Waals surface area contributed by atoms with Crippen LogP contribution < -0.4 is 0 Å². The summed E-state index contributed by atoms with van der Waals surface area (Å²) >= 11 is 0. The van der Waals surface area contributed by atoms with Crippen LogP contribution in [0, 0.1) is 0 Å². The topological polar surface area (TPSA) is 62.4 Å². The summed E-state index contributed by atoms with van der Waals surface area (Å²) in [5, 5.41) is 0. The third-order valence-corrected chi connectivity index (χ3v) is 2.34. The van der Waals surface area contributed by atoms with E-state index in [1.165, 1.54) is 4.90 Å². The Balaban J connectivity index is 2.16. The lowest BCUT2D eigenvalue weighted by molar-refractivity contribution is 0.0795. The third-order valence-electron chi connectivity index (χ3n) is 2.34. The molecule has 80 valence electrons. The molecule has 1 aromatic rings. The van der Waals surface area contributed by atoms with Crippen molar-refractivity contribution in [3.63, 3.8) is 0 Å². The molecular formula is C10H12N2O3. The van der Waals surface area contributed by atoms with Gasteiger partial charge in [0.25, 0.3) is 0 Å². The van der Waals surface area contributed by atoms with Crippen LogP contribution in [0.25, 0.3) is 0 Å². The number of fused-ring (bicyclic) bond motifs is 1. The number of hydrogen-bond donors (Lipinski definition) is 1. The van der Waals surface area contributed by atoms with Gasteiger partial charge in [0.05, 0.1) is 19.7 Å². The average Bonchev–Trinajstić information content (AvgIpc) is 2.66. The number of nitrogens with one attached hydrogen (secondary N) is 1. The zero-order valence-corrected chi connectivity index (χ0v) is 8.45. The van der Waals surface area contributed by atoms with Crippen LogP contribution in [0.4, 0.5) is 4.79 Å². The van der Waals surface area contributed by atoms with E-state index in [4.69, 9.17) is 4.74 Å². The van der Waals surface area contributed by atoms with E-state index in [1.54, 1.807) is 19.2 Å². The molecule has 0 spiro atoms. The maximum Gasteiger partial charge on any atom is 0.410 e. The Morgan fingerprint density at radius 2 is 2.40 bits per heavy atom. The summed E-state index contributed by atoms with van der Waals surface area (Å²) in [5.41, 5.74) is 1.45. The molecule has 1 aliphatic heterocycles. The van der Waals surface area contributed by atoms with Gasteiger partial charge in [0.15, 0.2) is 5.78 Å². The summed E-state index contributed by atoms with van der Waals surface area (Å²) in [6.45, 7) is 2.57. The van der Waals surface area contributed by atoms with E-state index < -0.39 is 6.09 Å². The Kier molecular flexibility index (Phi) is 2.45. The molecule has 5 heteroatoms. The lowest BCUT2D eigenvalue weighted by Crippen LogP contribution is -2.39. The zero-order chi connectivity index (χ0) is 10.8. The van der Waals surface area contributed by atoms with Gasteiger partial charge >= 0.3 is 6.09 Å². The van der Waals surface area contributed by atoms with Crippen molar-refractivity contribution in [3.8, 4) is 0 Å². The summed E-state index contributed by atoms with van der Waals surface area (Å²) in [5.74, 6) is -0.0504. The number of nitrogens with zero attached hydrogens (tertiary/aromatic N) is 1. The first-order valence-electron chi connectivity index (χ1n) is 4.83. The van der Waals surface area contributed by atoms with Crippen LogP contribution >= 0.6 is 0 Å². The number of ketones is 1. The highest BCUT2D eigenvalue weighted by Crippen LogP contribution is 2.17. The Hall–Kier alpha value is -1.78. The van der Waals surface area contributed by atoms with E-state index in [0.717, 1.165) is 5.69 Å². The van der Waals surface area contributed by atoms with E-state index in [1.807, 2.05) is 0 Å². The van der Waals surface area contributed by atoms with Gasteiger partial charge in [-0.25, -0.2) is 4.79 Å². The lowest BCUT2D eigenvalue weighted by atomic mass is 10.1. The van der Waals surface area contributed by atoms with Crippen molar-refractivity contribution in [2.75, 3.05) is 13.2 Å². The molecule has 0 aromatic carbocycles. The second-order valence-corrected chi connectivity index (χ2v) is 3.35. The van der Waals surface area contributed by atoms with Crippen LogP contribution in [0.2, 0.25) is 0 Å². The molecule has 0 bridgehead atoms. The van der Waals surface area contributed by atoms with Crippen LogP contribution in [-0.2, 0) is 11.3 Å². The largest absolute Gasteiger partial charge is 0.450 e. The van der Waals surface area contributed by atoms with Crippen molar-refractivity contribution < 1.29 is 14.3 Å². The van der Waals surface area contributed by atoms with Crippen molar-refractivity contribution in [2.24, 2.45) is 0 Å². The van der Waals surface area contributed by atoms with Crippen LogP contribution in [0.5, 0.6) is 0 Å². The second kappa shape index (κ2) is 3.76. The minimum absolute atomic E-state index is 0.0504. The molecule has 0 saturated carbocycles. The van der Waals surface area contributed by atoms with Crippen molar-refractivity contribution in [3.05, 3.63) is 23.5 Å². The Labute approximate surface area is 87.0 Å². The number of ether oxygens (including phenoxy) is 1. The number of hydrogen-bond acceptors (Lipinski definition) is 3. The minimum atomic E-state index is -0.439. The smallest absolute Gasteiger partial charge is 0.410 e. The van der Waals surface area contributed by atoms with Gasteiger partial charge in [-0.05, 0) is 13.0 Å². The quantitative estimate of drug-likeness (QED) is 0.753. The molecule has 15 heavy (non-hydrogen) atoms. The molecule has 1 aromatic heterocycles. The summed E-state index contributed by atoms with van der Waals surface area (Å²) in [4.78, 5) is 27.3. The monoisotopic (exact) mass is 208 g/mol. The van der Waals surface area contributed by atoms with Gasteiger partial charge in [0.1, 0.15) is 0 Å². The summed E-state index contributed by atoms with van der Waals surface area (Å²) in [6.07, 6.45) is 1.27. The number of aromatic nitrogens is 1. The van der Waals surface area contributed by atoms with Crippen LogP contribution in [0.3, 0.4) is 0 Å². The SMILES string of the molecule is CCOC(=O)N1CC(=O)c2cc[nH]c2C1. The predicted molar refractivity (Wildman–Crippen MR) is 52.6 cm³/mol. The summed E-state index contributed by atoms with van der Waals surface area (Å²) in [6, 6.07) is 1.74. The molecule has 0 aliphatic carbocycles. The standard InChI is InChI=1S/C10H12N2O3/c1-2-15-10(14)12-5-8-7(3-4-11-8)9(13)6-12/h3-4,11H,2,5-6H2,1H3. The van der Waals surface area contributed by atoms with E-state index in [2.05, 4.69) is 4.98 Å². The van der Waals surface area contributed by atoms with Gasteiger partial charge in [-0.3, -0.25) is 9.69 Å². The second-order valence-electron chi connectivity index (χ2n) is 3.35. The first-order valence-corrected chi connectivity index (χ1v) is 4.83.